The number of anilines is 2. The summed E-state index contributed by atoms with van der Waals surface area (Å²) in [6.45, 7) is 5.66. The molecule has 10 nitrogen and oxygen atoms in total. The van der Waals surface area contributed by atoms with E-state index in [0.717, 1.165) is 35.5 Å². The minimum atomic E-state index is -0.683. The second-order valence-electron chi connectivity index (χ2n) is 7.74. The fraction of sp³-hybridized carbons (Fsp3) is 0.280. The zero-order valence-corrected chi connectivity index (χ0v) is 23.9. The number of amides is 2. The molecular weight excluding hydrogens is 548 g/mol. The molecule has 0 aliphatic carbocycles. The van der Waals surface area contributed by atoms with Crippen LogP contribution < -0.4 is 29.9 Å². The summed E-state index contributed by atoms with van der Waals surface area (Å²) in [7, 11) is 4.38. The first-order chi connectivity index (χ1) is 18.2. The van der Waals surface area contributed by atoms with Crippen molar-refractivity contribution in [2.24, 2.45) is 0 Å². The molecule has 2 amide bonds. The number of methoxy groups -OCH3 is 3. The van der Waals surface area contributed by atoms with E-state index in [4.69, 9.17) is 38.6 Å². The number of benzene rings is 2. The predicted molar refractivity (Wildman–Crippen MR) is 157 cm³/mol. The van der Waals surface area contributed by atoms with Gasteiger partial charge in [-0.25, -0.2) is 0 Å². The van der Waals surface area contributed by atoms with Crippen LogP contribution >= 0.6 is 36.2 Å². The summed E-state index contributed by atoms with van der Waals surface area (Å²) in [5, 5.41) is 14.2. The number of ether oxygens (including phenoxy) is 3. The lowest BCUT2D eigenvalue weighted by atomic mass is 10.1. The second kappa shape index (κ2) is 12.8. The van der Waals surface area contributed by atoms with Crippen LogP contribution in [0.1, 0.15) is 19.4 Å². The molecule has 1 fully saturated rings. The topological polar surface area (TPSA) is 113 Å². The Morgan fingerprint density at radius 2 is 1.74 bits per heavy atom. The Labute approximate surface area is 235 Å². The molecule has 0 aromatic heterocycles. The highest BCUT2D eigenvalue weighted by atomic mass is 32.2. The number of carbonyl (C=O) groups excluding carboxylic acids is 2. The van der Waals surface area contributed by atoms with Crippen LogP contribution in [0.5, 0.6) is 23.0 Å². The third-order valence-electron chi connectivity index (χ3n) is 5.57. The van der Waals surface area contributed by atoms with E-state index in [2.05, 4.69) is 15.6 Å². The van der Waals surface area contributed by atoms with Gasteiger partial charge in [0.1, 0.15) is 5.75 Å². The smallest absolute Gasteiger partial charge is 0.285 e. The van der Waals surface area contributed by atoms with Crippen molar-refractivity contribution >= 4 is 74.8 Å². The predicted octanol–water partition coefficient (Wildman–Crippen LogP) is 3.94. The number of hydrogen-bond donors (Lipinski definition) is 3. The molecule has 0 saturated carbocycles. The number of aromatic hydroxyl groups is 1. The number of hydrogen-bond acceptors (Lipinski definition) is 10. The highest BCUT2D eigenvalue weighted by Gasteiger charge is 2.34. The molecule has 1 aliphatic rings. The van der Waals surface area contributed by atoms with Gasteiger partial charge in [-0.3, -0.25) is 15.0 Å². The van der Waals surface area contributed by atoms with Gasteiger partial charge in [-0.05, 0) is 44.3 Å². The normalized spacial score (nSPS) is 13.9. The fourth-order valence-corrected chi connectivity index (χ4v) is 4.95. The molecule has 0 radical (unpaired) electrons. The molecule has 3 rings (SSSR count). The quantitative estimate of drug-likeness (QED) is 0.298. The Morgan fingerprint density at radius 1 is 1.11 bits per heavy atom. The van der Waals surface area contributed by atoms with Gasteiger partial charge in [0.25, 0.3) is 11.8 Å². The van der Waals surface area contributed by atoms with Crippen LogP contribution in [-0.4, -0.2) is 65.7 Å². The Bertz CT molecular complexity index is 1270. The standard InChI is InChI=1S/C25H28N4O6S3/c1-6-28(7-2)16-9-8-14(17(30)13-16)10-20-24(32)29(25(37)38-20)27-23(36)22(31)26-15-11-18(33-3)21(35-5)19(12-15)34-4/h8-13,30H,6-7H2,1-5H3,(H,26,31)(H,27,36)/b20-10+. The third kappa shape index (κ3) is 6.29. The van der Waals surface area contributed by atoms with E-state index < -0.39 is 11.8 Å². The number of phenols is 1. The Kier molecular flexibility index (Phi) is 9.78. The summed E-state index contributed by atoms with van der Waals surface area (Å²) in [6, 6.07) is 8.35. The largest absolute Gasteiger partial charge is 0.507 e. The number of thioether (sulfide) groups is 1. The molecular formula is C25H28N4O6S3. The van der Waals surface area contributed by atoms with E-state index in [1.807, 2.05) is 19.9 Å². The van der Waals surface area contributed by atoms with Crippen LogP contribution in [0.2, 0.25) is 0 Å². The first-order valence-electron chi connectivity index (χ1n) is 11.4. The van der Waals surface area contributed by atoms with E-state index in [-0.39, 0.29) is 20.0 Å². The lowest BCUT2D eigenvalue weighted by Crippen LogP contribution is -2.48. The van der Waals surface area contributed by atoms with Crippen LogP contribution in [0, 0.1) is 0 Å². The molecule has 202 valence electrons. The van der Waals surface area contributed by atoms with Crippen molar-refractivity contribution in [3.63, 3.8) is 0 Å². The van der Waals surface area contributed by atoms with Gasteiger partial charge in [-0.2, -0.15) is 5.01 Å². The Balaban J connectivity index is 1.72. The molecule has 0 atom stereocenters. The Hall–Kier alpha value is -3.55. The first kappa shape index (κ1) is 29.0. The lowest BCUT2D eigenvalue weighted by molar-refractivity contribution is -0.123. The van der Waals surface area contributed by atoms with E-state index >= 15 is 0 Å². The number of nitrogens with one attached hydrogen (secondary N) is 2. The van der Waals surface area contributed by atoms with Gasteiger partial charge in [0.15, 0.2) is 20.8 Å². The molecule has 1 saturated heterocycles. The molecule has 2 aromatic rings. The minimum absolute atomic E-state index is 0.0351. The summed E-state index contributed by atoms with van der Waals surface area (Å²) in [5.74, 6) is -0.0975. The van der Waals surface area contributed by atoms with Gasteiger partial charge >= 0.3 is 0 Å². The van der Waals surface area contributed by atoms with Crippen molar-refractivity contribution in [3.05, 3.63) is 40.8 Å². The molecule has 2 aromatic carbocycles. The van der Waals surface area contributed by atoms with Crippen LogP contribution in [0.25, 0.3) is 6.08 Å². The van der Waals surface area contributed by atoms with Crippen molar-refractivity contribution in [1.29, 1.82) is 0 Å². The number of rotatable bonds is 9. The van der Waals surface area contributed by atoms with Gasteiger partial charge in [-0.1, -0.05) is 24.0 Å². The molecule has 0 unspecified atom stereocenters. The van der Waals surface area contributed by atoms with Crippen molar-refractivity contribution in [2.45, 2.75) is 13.8 Å². The number of nitrogens with zero attached hydrogens (tertiary/aromatic N) is 2. The molecule has 1 heterocycles. The maximum atomic E-state index is 13.0. The maximum Gasteiger partial charge on any atom is 0.285 e. The SMILES string of the molecule is CCN(CC)c1ccc(/C=C2/SC(=S)N(NC(=S)C(=O)Nc3cc(OC)c(OC)c(OC)c3)C2=O)c(O)c1. The summed E-state index contributed by atoms with van der Waals surface area (Å²) in [5.41, 5.74) is 4.27. The summed E-state index contributed by atoms with van der Waals surface area (Å²) >= 11 is 11.5. The van der Waals surface area contributed by atoms with Crippen molar-refractivity contribution in [3.8, 4) is 23.0 Å². The number of hydrazine groups is 1. The third-order valence-corrected chi connectivity index (χ3v) is 7.14. The zero-order chi connectivity index (χ0) is 28.0. The average molecular weight is 577 g/mol. The lowest BCUT2D eigenvalue weighted by Gasteiger charge is -2.21. The highest BCUT2D eigenvalue weighted by Crippen LogP contribution is 2.40. The van der Waals surface area contributed by atoms with Crippen molar-refractivity contribution < 1.29 is 28.9 Å². The van der Waals surface area contributed by atoms with Crippen molar-refractivity contribution in [1.82, 2.24) is 10.4 Å². The molecule has 13 heteroatoms. The first-order valence-corrected chi connectivity index (χ1v) is 13.1. The summed E-state index contributed by atoms with van der Waals surface area (Å²) in [4.78, 5) is 27.8. The van der Waals surface area contributed by atoms with E-state index in [0.29, 0.717) is 28.5 Å². The van der Waals surface area contributed by atoms with Gasteiger partial charge in [0, 0.05) is 48.2 Å². The van der Waals surface area contributed by atoms with Gasteiger partial charge in [0.05, 0.1) is 26.2 Å². The van der Waals surface area contributed by atoms with E-state index in [9.17, 15) is 14.7 Å². The number of thiocarbonyl (C=S) groups is 2. The molecule has 0 bridgehead atoms. The van der Waals surface area contributed by atoms with Crippen LogP contribution in [0.4, 0.5) is 11.4 Å². The van der Waals surface area contributed by atoms with Crippen LogP contribution in [-0.2, 0) is 9.59 Å². The molecule has 3 N–H and O–H groups in total. The van der Waals surface area contributed by atoms with Gasteiger partial charge in [0.2, 0.25) is 5.75 Å². The summed E-state index contributed by atoms with van der Waals surface area (Å²) in [6.07, 6.45) is 1.54. The van der Waals surface area contributed by atoms with E-state index in [1.165, 1.54) is 21.3 Å². The minimum Gasteiger partial charge on any atom is -0.507 e. The van der Waals surface area contributed by atoms with Gasteiger partial charge in [-0.15, -0.1) is 0 Å². The average Bonchev–Trinajstić information content (AvgIpc) is 3.17. The zero-order valence-electron chi connectivity index (χ0n) is 21.5. The summed E-state index contributed by atoms with van der Waals surface area (Å²) < 4.78 is 16.0. The maximum absolute atomic E-state index is 13.0. The molecule has 38 heavy (non-hydrogen) atoms. The highest BCUT2D eigenvalue weighted by molar-refractivity contribution is 8.26. The number of phenolic OH excluding ortho intramolecular Hbond substituents is 1. The van der Waals surface area contributed by atoms with Crippen LogP contribution in [0.3, 0.4) is 0 Å². The van der Waals surface area contributed by atoms with E-state index in [1.54, 1.807) is 30.3 Å². The number of carbonyl (C=O) groups is 2. The Morgan fingerprint density at radius 3 is 2.26 bits per heavy atom. The molecule has 0 spiro atoms. The molecule has 1 aliphatic heterocycles. The van der Waals surface area contributed by atoms with Crippen molar-refractivity contribution in [2.75, 3.05) is 44.6 Å². The monoisotopic (exact) mass is 576 g/mol. The second-order valence-corrected chi connectivity index (χ2v) is 9.83. The van der Waals surface area contributed by atoms with Crippen LogP contribution in [0.15, 0.2) is 35.2 Å². The fourth-order valence-electron chi connectivity index (χ4n) is 3.64. The van der Waals surface area contributed by atoms with Gasteiger partial charge < -0.3 is 29.5 Å².